The summed E-state index contributed by atoms with van der Waals surface area (Å²) in [4.78, 5) is 13.8. The molecule has 0 radical (unpaired) electrons. The standard InChI is InChI=1S/C12H14N4O3S/c13-16-12(17)11-6-10(8-14-11)20(18,19)15-7-9-4-2-1-3-5-9/h1-6,8,14-15H,7,13H2,(H,16,17). The number of sulfonamides is 1. The molecule has 0 saturated carbocycles. The number of nitrogens with one attached hydrogen (secondary N) is 3. The van der Waals surface area contributed by atoms with Crippen LogP contribution in [0, 0.1) is 0 Å². The van der Waals surface area contributed by atoms with Gasteiger partial charge in [-0.25, -0.2) is 19.0 Å². The van der Waals surface area contributed by atoms with Gasteiger partial charge in [-0.2, -0.15) is 0 Å². The SMILES string of the molecule is NNC(=O)c1cc(S(=O)(=O)NCc2ccccc2)c[nH]1. The van der Waals surface area contributed by atoms with E-state index in [-0.39, 0.29) is 17.1 Å². The number of amides is 1. The lowest BCUT2D eigenvalue weighted by Crippen LogP contribution is -2.30. The normalized spacial score (nSPS) is 11.2. The minimum Gasteiger partial charge on any atom is -0.356 e. The fourth-order valence-corrected chi connectivity index (χ4v) is 2.61. The molecular formula is C12H14N4O3S. The molecule has 1 aromatic carbocycles. The van der Waals surface area contributed by atoms with Gasteiger partial charge >= 0.3 is 0 Å². The molecule has 0 spiro atoms. The van der Waals surface area contributed by atoms with Crippen LogP contribution in [0.4, 0.5) is 0 Å². The second kappa shape index (κ2) is 5.87. The Morgan fingerprint density at radius 3 is 2.60 bits per heavy atom. The Hall–Kier alpha value is -2.16. The molecule has 106 valence electrons. The zero-order valence-corrected chi connectivity index (χ0v) is 11.3. The van der Waals surface area contributed by atoms with Gasteiger partial charge < -0.3 is 4.98 Å². The molecule has 5 N–H and O–H groups in total. The number of H-pyrrole nitrogens is 1. The lowest BCUT2D eigenvalue weighted by atomic mass is 10.2. The first-order valence-corrected chi connectivity index (χ1v) is 7.24. The lowest BCUT2D eigenvalue weighted by molar-refractivity contribution is 0.0949. The van der Waals surface area contributed by atoms with E-state index in [0.29, 0.717) is 0 Å². The van der Waals surface area contributed by atoms with Gasteiger partial charge in [0.25, 0.3) is 5.91 Å². The van der Waals surface area contributed by atoms with Gasteiger partial charge in [-0.1, -0.05) is 30.3 Å². The quantitative estimate of drug-likeness (QED) is 0.355. The van der Waals surface area contributed by atoms with E-state index in [1.165, 1.54) is 12.3 Å². The van der Waals surface area contributed by atoms with Gasteiger partial charge in [0, 0.05) is 12.7 Å². The number of aromatic amines is 1. The minimum absolute atomic E-state index is 0.0213. The van der Waals surface area contributed by atoms with Crippen LogP contribution in [-0.2, 0) is 16.6 Å². The van der Waals surface area contributed by atoms with Crippen molar-refractivity contribution in [3.8, 4) is 0 Å². The van der Waals surface area contributed by atoms with E-state index in [1.807, 2.05) is 35.8 Å². The first kappa shape index (κ1) is 14.3. The molecule has 20 heavy (non-hydrogen) atoms. The van der Waals surface area contributed by atoms with Gasteiger partial charge in [0.2, 0.25) is 10.0 Å². The zero-order chi connectivity index (χ0) is 14.6. The molecule has 0 unspecified atom stereocenters. The summed E-state index contributed by atoms with van der Waals surface area (Å²) < 4.78 is 26.5. The third kappa shape index (κ3) is 3.23. The number of hydrogen-bond acceptors (Lipinski definition) is 4. The number of aromatic nitrogens is 1. The molecule has 1 heterocycles. The second-order valence-corrected chi connectivity index (χ2v) is 5.80. The number of nitrogen functional groups attached to an aromatic ring is 1. The van der Waals surface area contributed by atoms with Crippen LogP contribution in [0.2, 0.25) is 0 Å². The molecule has 0 saturated heterocycles. The van der Waals surface area contributed by atoms with Crippen molar-refractivity contribution in [2.45, 2.75) is 11.4 Å². The Balaban J connectivity index is 2.10. The molecule has 0 aliphatic heterocycles. The molecule has 0 fully saturated rings. The summed E-state index contributed by atoms with van der Waals surface area (Å²) in [5.41, 5.74) is 2.83. The van der Waals surface area contributed by atoms with Gasteiger partial charge in [0.15, 0.2) is 0 Å². The molecule has 2 rings (SSSR count). The number of rotatable bonds is 5. The van der Waals surface area contributed by atoms with Crippen molar-refractivity contribution < 1.29 is 13.2 Å². The monoisotopic (exact) mass is 294 g/mol. The average molecular weight is 294 g/mol. The van der Waals surface area contributed by atoms with Crippen LogP contribution in [0.15, 0.2) is 47.5 Å². The highest BCUT2D eigenvalue weighted by Crippen LogP contribution is 2.11. The Morgan fingerprint density at radius 2 is 1.95 bits per heavy atom. The van der Waals surface area contributed by atoms with Gasteiger partial charge in [-0.15, -0.1) is 0 Å². The second-order valence-electron chi connectivity index (χ2n) is 4.03. The van der Waals surface area contributed by atoms with Gasteiger partial charge in [-0.05, 0) is 11.6 Å². The van der Waals surface area contributed by atoms with Crippen molar-refractivity contribution in [3.05, 3.63) is 53.9 Å². The summed E-state index contributed by atoms with van der Waals surface area (Å²) in [6, 6.07) is 10.3. The van der Waals surface area contributed by atoms with E-state index >= 15 is 0 Å². The molecule has 1 amide bonds. The molecule has 7 nitrogen and oxygen atoms in total. The Labute approximate surface area is 116 Å². The van der Waals surface area contributed by atoms with Crippen LogP contribution >= 0.6 is 0 Å². The number of hydrogen-bond donors (Lipinski definition) is 4. The predicted octanol–water partition coefficient (Wildman–Crippen LogP) is 0.0967. The molecule has 0 atom stereocenters. The number of carbonyl (C=O) groups excluding carboxylic acids is 1. The smallest absolute Gasteiger partial charge is 0.281 e. The number of nitrogens with two attached hydrogens (primary N) is 1. The molecule has 0 aliphatic rings. The maximum Gasteiger partial charge on any atom is 0.281 e. The molecule has 0 bridgehead atoms. The van der Waals surface area contributed by atoms with Crippen molar-refractivity contribution >= 4 is 15.9 Å². The fourth-order valence-electron chi connectivity index (χ4n) is 1.60. The van der Waals surface area contributed by atoms with E-state index in [4.69, 9.17) is 5.84 Å². The number of hydrazine groups is 1. The first-order valence-electron chi connectivity index (χ1n) is 5.76. The summed E-state index contributed by atoms with van der Waals surface area (Å²) in [6.45, 7) is 0.173. The van der Waals surface area contributed by atoms with Crippen molar-refractivity contribution in [3.63, 3.8) is 0 Å². The first-order chi connectivity index (χ1) is 9.53. The van der Waals surface area contributed by atoms with E-state index in [2.05, 4.69) is 9.71 Å². The van der Waals surface area contributed by atoms with Crippen LogP contribution in [0.5, 0.6) is 0 Å². The van der Waals surface area contributed by atoms with Crippen LogP contribution in [0.3, 0.4) is 0 Å². The molecular weight excluding hydrogens is 280 g/mol. The largest absolute Gasteiger partial charge is 0.356 e. The van der Waals surface area contributed by atoms with Gasteiger partial charge in [0.1, 0.15) is 10.6 Å². The zero-order valence-electron chi connectivity index (χ0n) is 10.5. The van der Waals surface area contributed by atoms with E-state index in [9.17, 15) is 13.2 Å². The third-order valence-electron chi connectivity index (χ3n) is 2.65. The van der Waals surface area contributed by atoms with Crippen LogP contribution in [-0.4, -0.2) is 19.3 Å². The van der Waals surface area contributed by atoms with Crippen LogP contribution < -0.4 is 16.0 Å². The Kier molecular flexibility index (Phi) is 4.18. The third-order valence-corrected chi connectivity index (χ3v) is 4.03. The highest BCUT2D eigenvalue weighted by molar-refractivity contribution is 7.89. The van der Waals surface area contributed by atoms with E-state index in [0.717, 1.165) is 5.56 Å². The van der Waals surface area contributed by atoms with Crippen molar-refractivity contribution in [2.24, 2.45) is 5.84 Å². The Bertz CT molecular complexity index is 695. The number of benzene rings is 1. The molecule has 2 aromatic rings. The molecule has 8 heteroatoms. The highest BCUT2D eigenvalue weighted by Gasteiger charge is 2.17. The van der Waals surface area contributed by atoms with Crippen molar-refractivity contribution in [1.29, 1.82) is 0 Å². The summed E-state index contributed by atoms with van der Waals surface area (Å²) in [5, 5.41) is 0. The Morgan fingerprint density at radius 1 is 1.25 bits per heavy atom. The fraction of sp³-hybridized carbons (Fsp3) is 0.0833. The summed E-state index contributed by atoms with van der Waals surface area (Å²) in [5.74, 6) is 4.38. The maximum atomic E-state index is 12.0. The minimum atomic E-state index is -3.68. The van der Waals surface area contributed by atoms with E-state index in [1.54, 1.807) is 0 Å². The molecule has 1 aromatic heterocycles. The van der Waals surface area contributed by atoms with Crippen LogP contribution in [0.1, 0.15) is 16.1 Å². The summed E-state index contributed by atoms with van der Waals surface area (Å²) in [7, 11) is -3.68. The maximum absolute atomic E-state index is 12.0. The van der Waals surface area contributed by atoms with Crippen molar-refractivity contribution in [1.82, 2.24) is 15.1 Å². The lowest BCUT2D eigenvalue weighted by Gasteiger charge is -2.04. The summed E-state index contributed by atoms with van der Waals surface area (Å²) >= 11 is 0. The topological polar surface area (TPSA) is 117 Å². The van der Waals surface area contributed by atoms with Gasteiger partial charge in [-0.3, -0.25) is 10.2 Å². The van der Waals surface area contributed by atoms with Gasteiger partial charge in [0.05, 0.1) is 0 Å². The number of carbonyl (C=O) groups is 1. The average Bonchev–Trinajstić information content (AvgIpc) is 2.96. The predicted molar refractivity (Wildman–Crippen MR) is 72.9 cm³/mol. The molecule has 0 aliphatic carbocycles. The highest BCUT2D eigenvalue weighted by atomic mass is 32.2. The van der Waals surface area contributed by atoms with Crippen LogP contribution in [0.25, 0.3) is 0 Å². The summed E-state index contributed by atoms with van der Waals surface area (Å²) in [6.07, 6.45) is 1.23. The van der Waals surface area contributed by atoms with Crippen molar-refractivity contribution in [2.75, 3.05) is 0 Å². The van der Waals surface area contributed by atoms with E-state index < -0.39 is 15.9 Å².